The zero-order chi connectivity index (χ0) is 15.9. The molecule has 0 fully saturated rings. The highest BCUT2D eigenvalue weighted by atomic mass is 35.5. The van der Waals surface area contributed by atoms with Crippen LogP contribution in [0.2, 0.25) is 5.02 Å². The van der Waals surface area contributed by atoms with Gasteiger partial charge in [0.05, 0.1) is 21.6 Å². The van der Waals surface area contributed by atoms with E-state index in [4.69, 9.17) is 11.6 Å². The first kappa shape index (κ1) is 14.7. The number of aromatic nitrogens is 2. The summed E-state index contributed by atoms with van der Waals surface area (Å²) >= 11 is 5.76. The van der Waals surface area contributed by atoms with E-state index in [1.807, 2.05) is 0 Å². The van der Waals surface area contributed by atoms with Gasteiger partial charge in [-0.25, -0.2) is 13.2 Å². The normalized spacial score (nSPS) is 11.7. The van der Waals surface area contributed by atoms with Crippen molar-refractivity contribution in [1.29, 1.82) is 0 Å². The van der Waals surface area contributed by atoms with Gasteiger partial charge < -0.3 is 9.97 Å². The van der Waals surface area contributed by atoms with E-state index in [0.29, 0.717) is 27.3 Å². The van der Waals surface area contributed by atoms with Gasteiger partial charge in [0, 0.05) is 5.02 Å². The molecular formula is C14H12ClN3O3S. The fourth-order valence-corrected chi connectivity index (χ4v) is 3.37. The summed E-state index contributed by atoms with van der Waals surface area (Å²) in [4.78, 5) is 16.6. The molecule has 0 atom stereocenters. The maximum Gasteiger partial charge on any atom is 0.323 e. The van der Waals surface area contributed by atoms with Gasteiger partial charge in [-0.3, -0.25) is 4.72 Å². The molecule has 0 saturated heterocycles. The van der Waals surface area contributed by atoms with Crippen LogP contribution >= 0.6 is 11.6 Å². The first-order valence-corrected chi connectivity index (χ1v) is 8.22. The van der Waals surface area contributed by atoms with E-state index in [2.05, 4.69) is 14.7 Å². The predicted octanol–water partition coefficient (Wildman–Crippen LogP) is 2.62. The second-order valence-electron chi connectivity index (χ2n) is 4.85. The third kappa shape index (κ3) is 2.72. The van der Waals surface area contributed by atoms with Gasteiger partial charge in [-0.15, -0.1) is 0 Å². The molecule has 6 nitrogen and oxygen atoms in total. The largest absolute Gasteiger partial charge is 0.323 e. The van der Waals surface area contributed by atoms with E-state index in [1.54, 1.807) is 19.1 Å². The quantitative estimate of drug-likeness (QED) is 0.685. The minimum Gasteiger partial charge on any atom is -0.306 e. The topological polar surface area (TPSA) is 94.8 Å². The number of aromatic amines is 2. The van der Waals surface area contributed by atoms with Crippen LogP contribution in [-0.4, -0.2) is 18.4 Å². The Morgan fingerprint density at radius 2 is 1.64 bits per heavy atom. The molecule has 0 amide bonds. The Labute approximate surface area is 131 Å². The number of hydrogen-bond donors (Lipinski definition) is 3. The zero-order valence-electron chi connectivity index (χ0n) is 11.5. The number of benzene rings is 2. The molecule has 3 rings (SSSR count). The fourth-order valence-electron chi connectivity index (χ4n) is 2.12. The van der Waals surface area contributed by atoms with Crippen LogP contribution in [0.3, 0.4) is 0 Å². The number of aryl methyl sites for hydroxylation is 1. The van der Waals surface area contributed by atoms with Crippen molar-refractivity contribution >= 4 is 38.3 Å². The molecule has 0 radical (unpaired) electrons. The highest BCUT2D eigenvalue weighted by Gasteiger charge is 2.16. The molecule has 1 aromatic heterocycles. The molecule has 3 aromatic rings. The van der Waals surface area contributed by atoms with Gasteiger partial charge in [0.15, 0.2) is 0 Å². The third-order valence-electron chi connectivity index (χ3n) is 3.23. The van der Waals surface area contributed by atoms with Crippen LogP contribution in [0.1, 0.15) is 5.56 Å². The molecule has 0 saturated carbocycles. The summed E-state index contributed by atoms with van der Waals surface area (Å²) in [6, 6.07) is 9.15. The summed E-state index contributed by atoms with van der Waals surface area (Å²) in [6.45, 7) is 1.75. The van der Waals surface area contributed by atoms with Crippen molar-refractivity contribution in [3.05, 3.63) is 57.5 Å². The van der Waals surface area contributed by atoms with E-state index >= 15 is 0 Å². The Bertz CT molecular complexity index is 1000. The molecule has 3 N–H and O–H groups in total. The SMILES string of the molecule is Cc1cc2[nH]c(=O)[nH]c2cc1NS(=O)(=O)c1ccc(Cl)cc1. The number of anilines is 1. The zero-order valence-corrected chi connectivity index (χ0v) is 13.0. The van der Waals surface area contributed by atoms with Crippen LogP contribution in [-0.2, 0) is 10.0 Å². The maximum atomic E-state index is 12.4. The number of halogens is 1. The van der Waals surface area contributed by atoms with Crippen molar-refractivity contribution < 1.29 is 8.42 Å². The van der Waals surface area contributed by atoms with Gasteiger partial charge in [0.1, 0.15) is 0 Å². The van der Waals surface area contributed by atoms with Crippen LogP contribution in [0, 0.1) is 6.92 Å². The molecule has 114 valence electrons. The van der Waals surface area contributed by atoms with Crippen LogP contribution in [0.5, 0.6) is 0 Å². The smallest absolute Gasteiger partial charge is 0.306 e. The van der Waals surface area contributed by atoms with E-state index < -0.39 is 10.0 Å². The van der Waals surface area contributed by atoms with Crippen LogP contribution in [0.15, 0.2) is 46.1 Å². The number of fused-ring (bicyclic) bond motifs is 1. The molecule has 22 heavy (non-hydrogen) atoms. The van der Waals surface area contributed by atoms with Gasteiger partial charge in [0.2, 0.25) is 0 Å². The van der Waals surface area contributed by atoms with Crippen molar-refractivity contribution in [2.75, 3.05) is 4.72 Å². The molecule has 0 bridgehead atoms. The molecule has 0 spiro atoms. The van der Waals surface area contributed by atoms with Crippen molar-refractivity contribution in [1.82, 2.24) is 9.97 Å². The summed E-state index contributed by atoms with van der Waals surface area (Å²) in [5.41, 5.74) is 1.91. The first-order chi connectivity index (χ1) is 10.3. The maximum absolute atomic E-state index is 12.4. The molecule has 0 aliphatic carbocycles. The van der Waals surface area contributed by atoms with Gasteiger partial charge in [-0.05, 0) is 48.9 Å². The highest BCUT2D eigenvalue weighted by Crippen LogP contribution is 2.24. The number of H-pyrrole nitrogens is 2. The van der Waals surface area contributed by atoms with Crippen LogP contribution in [0.25, 0.3) is 11.0 Å². The minimum atomic E-state index is -3.73. The summed E-state index contributed by atoms with van der Waals surface area (Å²) in [6.07, 6.45) is 0. The molecule has 2 aromatic carbocycles. The second-order valence-corrected chi connectivity index (χ2v) is 6.97. The average molecular weight is 338 g/mol. The second kappa shape index (κ2) is 5.19. The number of nitrogens with one attached hydrogen (secondary N) is 3. The number of sulfonamides is 1. The molecule has 8 heteroatoms. The van der Waals surface area contributed by atoms with Crippen molar-refractivity contribution in [2.45, 2.75) is 11.8 Å². The third-order valence-corrected chi connectivity index (χ3v) is 4.86. The highest BCUT2D eigenvalue weighted by molar-refractivity contribution is 7.92. The lowest BCUT2D eigenvalue weighted by Crippen LogP contribution is -2.13. The van der Waals surface area contributed by atoms with E-state index in [9.17, 15) is 13.2 Å². The summed E-state index contributed by atoms with van der Waals surface area (Å²) < 4.78 is 27.3. The Balaban J connectivity index is 2.03. The number of hydrogen-bond acceptors (Lipinski definition) is 3. The lowest BCUT2D eigenvalue weighted by atomic mass is 10.2. The first-order valence-electron chi connectivity index (χ1n) is 6.36. The van der Waals surface area contributed by atoms with Gasteiger partial charge in [0.25, 0.3) is 10.0 Å². The molecular weight excluding hydrogens is 326 g/mol. The van der Waals surface area contributed by atoms with Crippen LogP contribution < -0.4 is 10.4 Å². The summed E-state index contributed by atoms with van der Waals surface area (Å²) in [5, 5.41) is 0.460. The average Bonchev–Trinajstić information content (AvgIpc) is 2.78. The molecule has 0 aliphatic heterocycles. The minimum absolute atomic E-state index is 0.110. The Hall–Kier alpha value is -2.25. The monoisotopic (exact) mass is 337 g/mol. The van der Waals surface area contributed by atoms with Crippen molar-refractivity contribution in [3.63, 3.8) is 0 Å². The van der Waals surface area contributed by atoms with Gasteiger partial charge >= 0.3 is 5.69 Å². The molecule has 1 heterocycles. The lowest BCUT2D eigenvalue weighted by molar-refractivity contribution is 0.601. The van der Waals surface area contributed by atoms with E-state index in [0.717, 1.165) is 0 Å². The van der Waals surface area contributed by atoms with Crippen LogP contribution in [0.4, 0.5) is 5.69 Å². The summed E-state index contributed by atoms with van der Waals surface area (Å²) in [5.74, 6) is 0. The van der Waals surface area contributed by atoms with E-state index in [-0.39, 0.29) is 10.6 Å². The predicted molar refractivity (Wildman–Crippen MR) is 85.9 cm³/mol. The number of rotatable bonds is 3. The Morgan fingerprint density at radius 3 is 2.27 bits per heavy atom. The molecule has 0 aliphatic rings. The lowest BCUT2D eigenvalue weighted by Gasteiger charge is -2.11. The standard InChI is InChI=1S/C14H12ClN3O3S/c1-8-6-12-13(17-14(19)16-12)7-11(8)18-22(20,21)10-4-2-9(15)3-5-10/h2-7,18H,1H3,(H2,16,17,19). The Kier molecular flexibility index (Phi) is 3.46. The number of imidazole rings is 1. The van der Waals surface area contributed by atoms with Crippen molar-refractivity contribution in [3.8, 4) is 0 Å². The van der Waals surface area contributed by atoms with E-state index in [1.165, 1.54) is 24.3 Å². The van der Waals surface area contributed by atoms with Gasteiger partial charge in [-0.1, -0.05) is 11.6 Å². The Morgan fingerprint density at radius 1 is 1.05 bits per heavy atom. The summed E-state index contributed by atoms with van der Waals surface area (Å²) in [7, 11) is -3.73. The van der Waals surface area contributed by atoms with Gasteiger partial charge in [-0.2, -0.15) is 0 Å². The van der Waals surface area contributed by atoms with Crippen molar-refractivity contribution in [2.24, 2.45) is 0 Å². The molecule has 0 unspecified atom stereocenters. The fraction of sp³-hybridized carbons (Fsp3) is 0.0714.